The van der Waals surface area contributed by atoms with Crippen LogP contribution in [0.5, 0.6) is 0 Å². The van der Waals surface area contributed by atoms with Crippen molar-refractivity contribution in [2.75, 3.05) is 25.0 Å². The first-order valence-corrected chi connectivity index (χ1v) is 10.5. The molecule has 0 bridgehead atoms. The highest BCUT2D eigenvalue weighted by Gasteiger charge is 2.23. The van der Waals surface area contributed by atoms with Crippen LogP contribution in [0, 0.1) is 5.92 Å². The number of carbonyl (C=O) groups excluding carboxylic acids is 2. The van der Waals surface area contributed by atoms with Gasteiger partial charge in [0.2, 0.25) is 5.91 Å². The van der Waals surface area contributed by atoms with E-state index in [1.165, 1.54) is 4.90 Å². The number of nitrogens with zero attached hydrogens (tertiary/aromatic N) is 3. The van der Waals surface area contributed by atoms with Crippen LogP contribution in [0.4, 0.5) is 10.5 Å². The van der Waals surface area contributed by atoms with Gasteiger partial charge in [0, 0.05) is 32.0 Å². The van der Waals surface area contributed by atoms with E-state index in [1.54, 1.807) is 29.2 Å². The number of urea groups is 1. The summed E-state index contributed by atoms with van der Waals surface area (Å²) in [6.45, 7) is 8.99. The van der Waals surface area contributed by atoms with Gasteiger partial charge in [-0.1, -0.05) is 49.2 Å². The SMILES string of the molecule is C=CCN(CC(=O)N(Cc1cccn1C)CC(C)C)C(=O)Nc1c(Cl)cccc1Cl. The first kappa shape index (κ1) is 23.8. The van der Waals surface area contributed by atoms with E-state index in [4.69, 9.17) is 23.2 Å². The molecule has 1 heterocycles. The van der Waals surface area contributed by atoms with E-state index in [0.29, 0.717) is 28.8 Å². The molecule has 30 heavy (non-hydrogen) atoms. The molecule has 6 nitrogen and oxygen atoms in total. The van der Waals surface area contributed by atoms with E-state index in [1.807, 2.05) is 29.9 Å². The maximum Gasteiger partial charge on any atom is 0.322 e. The molecule has 162 valence electrons. The number of aryl methyl sites for hydroxylation is 1. The van der Waals surface area contributed by atoms with E-state index in [2.05, 4.69) is 25.7 Å². The van der Waals surface area contributed by atoms with Crippen molar-refractivity contribution in [1.29, 1.82) is 0 Å². The quantitative estimate of drug-likeness (QED) is 0.544. The van der Waals surface area contributed by atoms with Gasteiger partial charge in [0.25, 0.3) is 0 Å². The van der Waals surface area contributed by atoms with Gasteiger partial charge in [0.05, 0.1) is 22.3 Å². The molecule has 8 heteroatoms. The van der Waals surface area contributed by atoms with Gasteiger partial charge in [0.15, 0.2) is 0 Å². The Bertz CT molecular complexity index is 875. The largest absolute Gasteiger partial charge is 0.353 e. The number of hydrogen-bond donors (Lipinski definition) is 1. The Morgan fingerprint density at radius 3 is 2.37 bits per heavy atom. The molecule has 0 radical (unpaired) electrons. The molecular weight excluding hydrogens is 423 g/mol. The molecule has 2 aromatic rings. The van der Waals surface area contributed by atoms with Crippen LogP contribution < -0.4 is 5.32 Å². The number of benzene rings is 1. The minimum Gasteiger partial charge on any atom is -0.353 e. The topological polar surface area (TPSA) is 57.6 Å². The summed E-state index contributed by atoms with van der Waals surface area (Å²) in [5.74, 6) is 0.144. The molecule has 2 rings (SSSR count). The number of rotatable bonds is 9. The molecule has 1 aromatic heterocycles. The number of aromatic nitrogens is 1. The van der Waals surface area contributed by atoms with E-state index in [9.17, 15) is 9.59 Å². The average Bonchev–Trinajstić information content (AvgIpc) is 3.08. The van der Waals surface area contributed by atoms with Crippen LogP contribution in [-0.2, 0) is 18.4 Å². The Hall–Kier alpha value is -2.44. The molecule has 0 aliphatic rings. The number of carbonyl (C=O) groups is 2. The molecule has 0 atom stereocenters. The molecule has 1 aromatic carbocycles. The van der Waals surface area contributed by atoms with Gasteiger partial charge in [-0.25, -0.2) is 4.79 Å². The van der Waals surface area contributed by atoms with Crippen LogP contribution in [0.3, 0.4) is 0 Å². The Morgan fingerprint density at radius 2 is 1.83 bits per heavy atom. The zero-order chi connectivity index (χ0) is 22.3. The summed E-state index contributed by atoms with van der Waals surface area (Å²) in [7, 11) is 1.94. The summed E-state index contributed by atoms with van der Waals surface area (Å²) >= 11 is 12.3. The maximum absolute atomic E-state index is 13.1. The third-order valence-corrected chi connectivity index (χ3v) is 5.13. The Kier molecular flexibility index (Phi) is 8.81. The lowest BCUT2D eigenvalue weighted by Crippen LogP contribution is -2.45. The van der Waals surface area contributed by atoms with Crippen LogP contribution in [0.15, 0.2) is 49.2 Å². The Balaban J connectivity index is 2.15. The second-order valence-corrected chi connectivity index (χ2v) is 8.29. The first-order valence-electron chi connectivity index (χ1n) is 9.71. The fourth-order valence-corrected chi connectivity index (χ4v) is 3.49. The van der Waals surface area contributed by atoms with Crippen molar-refractivity contribution >= 4 is 40.8 Å². The molecule has 0 spiro atoms. The summed E-state index contributed by atoms with van der Waals surface area (Å²) in [6.07, 6.45) is 3.52. The smallest absolute Gasteiger partial charge is 0.322 e. The minimum absolute atomic E-state index is 0.0862. The monoisotopic (exact) mass is 450 g/mol. The van der Waals surface area contributed by atoms with Crippen LogP contribution in [0.2, 0.25) is 10.0 Å². The fourth-order valence-electron chi connectivity index (χ4n) is 2.99. The summed E-state index contributed by atoms with van der Waals surface area (Å²) in [5.41, 5.74) is 1.33. The Morgan fingerprint density at radius 1 is 1.17 bits per heavy atom. The number of halogens is 2. The lowest BCUT2D eigenvalue weighted by molar-refractivity contribution is -0.132. The molecule has 0 unspecified atom stereocenters. The molecular formula is C22H28Cl2N4O2. The fraction of sp³-hybridized carbons (Fsp3) is 0.364. The van der Waals surface area contributed by atoms with Crippen LogP contribution in [0.1, 0.15) is 19.5 Å². The summed E-state index contributed by atoms with van der Waals surface area (Å²) in [5, 5.41) is 3.35. The lowest BCUT2D eigenvalue weighted by atomic mass is 10.2. The molecule has 0 saturated heterocycles. The number of para-hydroxylation sites is 1. The van der Waals surface area contributed by atoms with Gasteiger partial charge in [-0.3, -0.25) is 4.79 Å². The van der Waals surface area contributed by atoms with Crippen molar-refractivity contribution in [3.8, 4) is 0 Å². The number of amides is 3. The summed E-state index contributed by atoms with van der Waals surface area (Å²) < 4.78 is 1.98. The summed E-state index contributed by atoms with van der Waals surface area (Å²) in [4.78, 5) is 29.1. The third-order valence-electron chi connectivity index (χ3n) is 4.50. The van der Waals surface area contributed by atoms with Crippen molar-refractivity contribution in [3.05, 3.63) is 64.9 Å². The third kappa shape index (κ3) is 6.54. The van der Waals surface area contributed by atoms with Crippen molar-refractivity contribution in [2.45, 2.75) is 20.4 Å². The second-order valence-electron chi connectivity index (χ2n) is 7.47. The zero-order valence-electron chi connectivity index (χ0n) is 17.6. The van der Waals surface area contributed by atoms with E-state index in [-0.39, 0.29) is 24.9 Å². The van der Waals surface area contributed by atoms with Gasteiger partial charge in [-0.05, 0) is 30.2 Å². The van der Waals surface area contributed by atoms with E-state index < -0.39 is 6.03 Å². The highest BCUT2D eigenvalue weighted by atomic mass is 35.5. The predicted molar refractivity (Wildman–Crippen MR) is 123 cm³/mol. The number of nitrogens with one attached hydrogen (secondary N) is 1. The van der Waals surface area contributed by atoms with Gasteiger partial charge in [0.1, 0.15) is 6.54 Å². The highest BCUT2D eigenvalue weighted by molar-refractivity contribution is 6.39. The molecule has 1 N–H and O–H groups in total. The van der Waals surface area contributed by atoms with Crippen LogP contribution in [0.25, 0.3) is 0 Å². The molecule has 0 saturated carbocycles. The van der Waals surface area contributed by atoms with E-state index >= 15 is 0 Å². The van der Waals surface area contributed by atoms with Crippen LogP contribution in [-0.4, -0.2) is 45.9 Å². The van der Waals surface area contributed by atoms with Crippen molar-refractivity contribution in [3.63, 3.8) is 0 Å². The normalized spacial score (nSPS) is 10.7. The van der Waals surface area contributed by atoms with E-state index in [0.717, 1.165) is 5.69 Å². The number of hydrogen-bond acceptors (Lipinski definition) is 2. The average molecular weight is 451 g/mol. The maximum atomic E-state index is 13.1. The van der Waals surface area contributed by atoms with Gasteiger partial charge >= 0.3 is 6.03 Å². The molecule has 0 aliphatic heterocycles. The Labute approximate surface area is 188 Å². The van der Waals surface area contributed by atoms with Crippen LogP contribution >= 0.6 is 23.2 Å². The minimum atomic E-state index is -0.471. The second kappa shape index (κ2) is 11.1. The highest BCUT2D eigenvalue weighted by Crippen LogP contribution is 2.30. The molecule has 0 aliphatic carbocycles. The molecule has 0 fully saturated rings. The molecule has 3 amide bonds. The zero-order valence-corrected chi connectivity index (χ0v) is 19.1. The standard InChI is InChI=1S/C22H28Cl2N4O2/c1-5-11-27(22(30)25-21-18(23)9-6-10-19(21)24)15-20(29)28(13-16(2)3)14-17-8-7-12-26(17)4/h5-10,12,16H,1,11,13-15H2,2-4H3,(H,25,30). The number of anilines is 1. The van der Waals surface area contributed by atoms with Gasteiger partial charge in [-0.15, -0.1) is 6.58 Å². The predicted octanol–water partition coefficient (Wildman–Crippen LogP) is 5.04. The van der Waals surface area contributed by atoms with Gasteiger partial charge < -0.3 is 19.7 Å². The van der Waals surface area contributed by atoms with Gasteiger partial charge in [-0.2, -0.15) is 0 Å². The van der Waals surface area contributed by atoms with Crippen molar-refractivity contribution in [2.24, 2.45) is 13.0 Å². The summed E-state index contributed by atoms with van der Waals surface area (Å²) in [6, 6.07) is 8.42. The van der Waals surface area contributed by atoms with Crippen molar-refractivity contribution < 1.29 is 9.59 Å². The first-order chi connectivity index (χ1) is 14.2. The van der Waals surface area contributed by atoms with Crippen molar-refractivity contribution in [1.82, 2.24) is 14.4 Å². The lowest BCUT2D eigenvalue weighted by Gasteiger charge is -2.28.